The Morgan fingerprint density at radius 1 is 1.42 bits per heavy atom. The van der Waals surface area contributed by atoms with Crippen molar-refractivity contribution >= 4 is 11.6 Å². The van der Waals surface area contributed by atoms with Gasteiger partial charge in [0.15, 0.2) is 0 Å². The highest BCUT2D eigenvalue weighted by atomic mass is 16.1. The van der Waals surface area contributed by atoms with Crippen molar-refractivity contribution < 1.29 is 4.79 Å². The number of hydrogen-bond donors (Lipinski definition) is 1. The molecule has 3 heteroatoms. The molecule has 0 spiro atoms. The predicted octanol–water partition coefficient (Wildman–Crippen LogP) is 3.78. The van der Waals surface area contributed by atoms with Crippen LogP contribution in [0.5, 0.6) is 0 Å². The molecule has 1 rings (SSSR count). The molecule has 0 aliphatic rings. The summed E-state index contributed by atoms with van der Waals surface area (Å²) in [5.74, 6) is -0.808. The van der Waals surface area contributed by atoms with Gasteiger partial charge in [0.25, 0.3) is 0 Å². The summed E-state index contributed by atoms with van der Waals surface area (Å²) in [5.41, 5.74) is 3.01. The third-order valence-corrected chi connectivity index (χ3v) is 3.24. The maximum absolute atomic E-state index is 12.0. The minimum atomic E-state index is -0.585. The number of anilines is 1. The fourth-order valence-electron chi connectivity index (χ4n) is 1.78. The van der Waals surface area contributed by atoms with Crippen molar-refractivity contribution in [1.82, 2.24) is 0 Å². The number of amides is 1. The second-order valence-electron chi connectivity index (χ2n) is 5.86. The Kier molecular flexibility index (Phi) is 4.72. The normalized spacial score (nSPS) is 12.6. The molecule has 0 bridgehead atoms. The quantitative estimate of drug-likeness (QED) is 0.897. The minimum absolute atomic E-state index is 0.0343. The van der Waals surface area contributed by atoms with Crippen molar-refractivity contribution in [3.8, 4) is 6.07 Å². The fraction of sp³-hybridized carbons (Fsp3) is 0.500. The van der Waals surface area contributed by atoms with Gasteiger partial charge in [-0.3, -0.25) is 4.79 Å². The van der Waals surface area contributed by atoms with E-state index in [9.17, 15) is 4.79 Å². The highest BCUT2D eigenvalue weighted by molar-refractivity contribution is 5.94. The first kappa shape index (κ1) is 15.2. The Hall–Kier alpha value is -1.82. The highest BCUT2D eigenvalue weighted by Crippen LogP contribution is 2.27. The zero-order chi connectivity index (χ0) is 14.6. The van der Waals surface area contributed by atoms with Gasteiger partial charge >= 0.3 is 0 Å². The standard InChI is InChI=1S/C16H22N2O/c1-6-12(10-17)15(19)18-14-9-13(16(3,4)5)8-7-11(14)2/h7-9,12H,6H2,1-5H3,(H,18,19). The number of carbonyl (C=O) groups is 1. The van der Waals surface area contributed by atoms with Crippen molar-refractivity contribution in [2.75, 3.05) is 5.32 Å². The number of rotatable bonds is 3. The first-order valence-electron chi connectivity index (χ1n) is 6.61. The zero-order valence-electron chi connectivity index (χ0n) is 12.4. The van der Waals surface area contributed by atoms with Crippen molar-refractivity contribution in [3.05, 3.63) is 29.3 Å². The Morgan fingerprint density at radius 3 is 2.53 bits per heavy atom. The molecule has 1 amide bonds. The van der Waals surface area contributed by atoms with Gasteiger partial charge in [0.05, 0.1) is 6.07 Å². The number of benzene rings is 1. The van der Waals surface area contributed by atoms with Crippen LogP contribution in [0.25, 0.3) is 0 Å². The van der Waals surface area contributed by atoms with E-state index < -0.39 is 5.92 Å². The molecule has 0 heterocycles. The van der Waals surface area contributed by atoms with Gasteiger partial charge in [-0.2, -0.15) is 5.26 Å². The number of nitriles is 1. The molecule has 0 aliphatic carbocycles. The zero-order valence-corrected chi connectivity index (χ0v) is 12.4. The molecule has 0 aromatic heterocycles. The Morgan fingerprint density at radius 2 is 2.05 bits per heavy atom. The van der Waals surface area contributed by atoms with Crippen LogP contribution < -0.4 is 5.32 Å². The van der Waals surface area contributed by atoms with Gasteiger partial charge in [0.1, 0.15) is 5.92 Å². The van der Waals surface area contributed by atoms with Crippen LogP contribution in [0.15, 0.2) is 18.2 Å². The number of aryl methyl sites for hydroxylation is 1. The van der Waals surface area contributed by atoms with Crippen molar-refractivity contribution in [2.24, 2.45) is 5.92 Å². The van der Waals surface area contributed by atoms with Crippen LogP contribution in [0, 0.1) is 24.2 Å². The number of carbonyl (C=O) groups excluding carboxylic acids is 1. The van der Waals surface area contributed by atoms with Crippen LogP contribution in [0.2, 0.25) is 0 Å². The summed E-state index contributed by atoms with van der Waals surface area (Å²) >= 11 is 0. The number of hydrogen-bond acceptors (Lipinski definition) is 2. The van der Waals surface area contributed by atoms with Crippen LogP contribution >= 0.6 is 0 Å². The van der Waals surface area contributed by atoms with E-state index in [2.05, 4.69) is 32.2 Å². The lowest BCUT2D eigenvalue weighted by Gasteiger charge is -2.21. The summed E-state index contributed by atoms with van der Waals surface area (Å²) < 4.78 is 0. The third kappa shape index (κ3) is 3.82. The van der Waals surface area contributed by atoms with Gasteiger partial charge in [-0.1, -0.05) is 39.8 Å². The third-order valence-electron chi connectivity index (χ3n) is 3.24. The fourth-order valence-corrected chi connectivity index (χ4v) is 1.78. The van der Waals surface area contributed by atoms with Gasteiger partial charge < -0.3 is 5.32 Å². The summed E-state index contributed by atoms with van der Waals surface area (Å²) in [7, 11) is 0. The van der Waals surface area contributed by atoms with E-state index in [0.29, 0.717) is 6.42 Å². The van der Waals surface area contributed by atoms with E-state index in [1.165, 1.54) is 5.56 Å². The van der Waals surface area contributed by atoms with Crippen molar-refractivity contribution in [3.63, 3.8) is 0 Å². The van der Waals surface area contributed by atoms with E-state index in [1.54, 1.807) is 0 Å². The molecule has 1 N–H and O–H groups in total. The van der Waals surface area contributed by atoms with E-state index in [0.717, 1.165) is 11.3 Å². The average molecular weight is 258 g/mol. The Bertz CT molecular complexity index is 506. The first-order chi connectivity index (χ1) is 8.79. The molecular weight excluding hydrogens is 236 g/mol. The van der Waals surface area contributed by atoms with Gasteiger partial charge in [0, 0.05) is 5.69 Å². The predicted molar refractivity (Wildman–Crippen MR) is 77.9 cm³/mol. The van der Waals surface area contributed by atoms with Crippen LogP contribution in [0.1, 0.15) is 45.2 Å². The van der Waals surface area contributed by atoms with E-state index in [-0.39, 0.29) is 11.3 Å². The lowest BCUT2D eigenvalue weighted by Crippen LogP contribution is -2.22. The molecule has 102 valence electrons. The van der Waals surface area contributed by atoms with Crippen LogP contribution in [-0.4, -0.2) is 5.91 Å². The lowest BCUT2D eigenvalue weighted by molar-refractivity contribution is -0.118. The second-order valence-corrected chi connectivity index (χ2v) is 5.86. The molecule has 0 aliphatic heterocycles. The average Bonchev–Trinajstić information content (AvgIpc) is 2.32. The van der Waals surface area contributed by atoms with E-state index in [1.807, 2.05) is 32.0 Å². The van der Waals surface area contributed by atoms with Gasteiger partial charge in [0.2, 0.25) is 5.91 Å². The second kappa shape index (κ2) is 5.88. The molecule has 0 fully saturated rings. The van der Waals surface area contributed by atoms with Crippen molar-refractivity contribution in [2.45, 2.75) is 46.5 Å². The lowest BCUT2D eigenvalue weighted by atomic mass is 9.86. The SMILES string of the molecule is CCC(C#N)C(=O)Nc1cc(C(C)(C)C)ccc1C. The largest absolute Gasteiger partial charge is 0.325 e. The molecule has 19 heavy (non-hydrogen) atoms. The number of nitrogens with zero attached hydrogens (tertiary/aromatic N) is 1. The Labute approximate surface area is 115 Å². The van der Waals surface area contributed by atoms with Gasteiger partial charge in [-0.05, 0) is 36.0 Å². The van der Waals surface area contributed by atoms with E-state index >= 15 is 0 Å². The molecule has 1 atom stereocenters. The molecule has 1 aromatic rings. The summed E-state index contributed by atoms with van der Waals surface area (Å²) in [5, 5.41) is 11.8. The molecular formula is C16H22N2O. The number of nitrogens with one attached hydrogen (secondary N) is 1. The summed E-state index contributed by atoms with van der Waals surface area (Å²) in [6, 6.07) is 8.10. The summed E-state index contributed by atoms with van der Waals surface area (Å²) in [6.45, 7) is 10.2. The van der Waals surface area contributed by atoms with Gasteiger partial charge in [-0.25, -0.2) is 0 Å². The Balaban J connectivity index is 3.02. The highest BCUT2D eigenvalue weighted by Gasteiger charge is 2.18. The molecule has 0 saturated carbocycles. The first-order valence-corrected chi connectivity index (χ1v) is 6.61. The topological polar surface area (TPSA) is 52.9 Å². The van der Waals surface area contributed by atoms with Gasteiger partial charge in [-0.15, -0.1) is 0 Å². The molecule has 1 aromatic carbocycles. The minimum Gasteiger partial charge on any atom is -0.325 e. The molecule has 1 unspecified atom stereocenters. The van der Waals surface area contributed by atoms with Crippen molar-refractivity contribution in [1.29, 1.82) is 5.26 Å². The summed E-state index contributed by atoms with van der Waals surface area (Å²) in [4.78, 5) is 12.0. The molecule has 0 radical (unpaired) electrons. The van der Waals surface area contributed by atoms with Crippen LogP contribution in [-0.2, 0) is 10.2 Å². The smallest absolute Gasteiger partial charge is 0.241 e. The maximum Gasteiger partial charge on any atom is 0.241 e. The van der Waals surface area contributed by atoms with Crippen LogP contribution in [0.4, 0.5) is 5.69 Å². The summed E-state index contributed by atoms with van der Waals surface area (Å²) in [6.07, 6.45) is 0.528. The molecule has 0 saturated heterocycles. The van der Waals surface area contributed by atoms with Crippen LogP contribution in [0.3, 0.4) is 0 Å². The molecule has 3 nitrogen and oxygen atoms in total. The maximum atomic E-state index is 12.0. The monoisotopic (exact) mass is 258 g/mol. The van der Waals surface area contributed by atoms with E-state index in [4.69, 9.17) is 5.26 Å².